The standard InChI is InChI=1S/C26H27N5O5S/c1-16-5-7-19(8-6-16)15-30-23(29-24(33)31(26(30)34)14-17(2)22(32)35-4)28-20-9-11-21(12-10-20)36-25-27-13-18(3)37-25/h5-13,17H,14-15H2,1-4H3,(H,28,29,33)/t17-/m0/s1. The Balaban J connectivity index is 1.74. The van der Waals surface area contributed by atoms with E-state index >= 15 is 0 Å². The molecule has 11 heteroatoms. The number of nitrogens with one attached hydrogen (secondary N) is 1. The molecule has 0 bridgehead atoms. The number of hydrogen-bond donors (Lipinski definition) is 1. The molecular formula is C26H27N5O5S. The van der Waals surface area contributed by atoms with Gasteiger partial charge in [-0.25, -0.2) is 24.1 Å². The number of aromatic nitrogens is 4. The van der Waals surface area contributed by atoms with Crippen molar-refractivity contribution in [3.63, 3.8) is 0 Å². The van der Waals surface area contributed by atoms with Crippen LogP contribution in [0.5, 0.6) is 10.9 Å². The lowest BCUT2D eigenvalue weighted by Crippen LogP contribution is -2.51. The molecule has 0 radical (unpaired) electrons. The van der Waals surface area contributed by atoms with Gasteiger partial charge in [-0.15, -0.1) is 0 Å². The van der Waals surface area contributed by atoms with Crippen LogP contribution in [0, 0.1) is 19.8 Å². The Morgan fingerprint density at radius 2 is 1.78 bits per heavy atom. The normalized spacial score (nSPS) is 12.4. The maximum atomic E-state index is 13.4. The Labute approximate surface area is 216 Å². The Morgan fingerprint density at radius 3 is 2.41 bits per heavy atom. The van der Waals surface area contributed by atoms with Crippen molar-refractivity contribution < 1.29 is 14.3 Å². The molecule has 2 heterocycles. The first-order valence-electron chi connectivity index (χ1n) is 11.6. The number of hydrogen-bond acceptors (Lipinski definition) is 8. The Bertz CT molecular complexity index is 1580. The van der Waals surface area contributed by atoms with Gasteiger partial charge in [0.05, 0.1) is 25.3 Å². The van der Waals surface area contributed by atoms with Gasteiger partial charge in [-0.05, 0) is 43.7 Å². The SMILES string of the molecule is COC(=O)[C@@H](C)Cn1c(=O)[nH]/c(=N\c2ccc(Oc3ncc(C)s3)cc2)n(Cc2ccc(C)cc2)c1=O. The number of methoxy groups -OCH3 is 1. The van der Waals surface area contributed by atoms with E-state index in [4.69, 9.17) is 9.47 Å². The first-order chi connectivity index (χ1) is 17.7. The molecule has 0 fully saturated rings. The second-order valence-corrected chi connectivity index (χ2v) is 9.78. The molecule has 1 atom stereocenters. The van der Waals surface area contributed by atoms with Crippen LogP contribution in [0.15, 0.2) is 69.3 Å². The van der Waals surface area contributed by atoms with Crippen molar-refractivity contribution in [2.24, 2.45) is 10.9 Å². The van der Waals surface area contributed by atoms with E-state index in [-0.39, 0.29) is 18.7 Å². The second kappa shape index (κ2) is 11.2. The summed E-state index contributed by atoms with van der Waals surface area (Å²) in [4.78, 5) is 50.7. The summed E-state index contributed by atoms with van der Waals surface area (Å²) in [6.45, 7) is 5.56. The molecule has 0 aliphatic carbocycles. The van der Waals surface area contributed by atoms with Crippen molar-refractivity contribution in [2.75, 3.05) is 7.11 Å². The van der Waals surface area contributed by atoms with E-state index in [9.17, 15) is 14.4 Å². The summed E-state index contributed by atoms with van der Waals surface area (Å²) in [6, 6.07) is 14.6. The number of nitrogens with zero attached hydrogens (tertiary/aromatic N) is 4. The van der Waals surface area contributed by atoms with E-state index in [0.29, 0.717) is 16.6 Å². The summed E-state index contributed by atoms with van der Waals surface area (Å²) in [6.07, 6.45) is 1.74. The fraction of sp³-hybridized carbons (Fsp3) is 0.269. The minimum Gasteiger partial charge on any atom is -0.469 e. The molecule has 0 aliphatic heterocycles. The third kappa shape index (κ3) is 6.31. The van der Waals surface area contributed by atoms with Gasteiger partial charge in [-0.2, -0.15) is 0 Å². The number of H-pyrrole nitrogens is 1. The van der Waals surface area contributed by atoms with Gasteiger partial charge in [0.1, 0.15) is 5.75 Å². The molecule has 2 aromatic heterocycles. The zero-order valence-electron chi connectivity index (χ0n) is 20.9. The highest BCUT2D eigenvalue weighted by atomic mass is 32.1. The number of rotatable bonds is 8. The van der Waals surface area contributed by atoms with Crippen LogP contribution in [0.1, 0.15) is 22.9 Å². The fourth-order valence-corrected chi connectivity index (χ4v) is 4.19. The van der Waals surface area contributed by atoms with E-state index in [2.05, 4.69) is 15.0 Å². The zero-order chi connectivity index (χ0) is 26.5. The Hall–Kier alpha value is -4.25. The van der Waals surface area contributed by atoms with Crippen molar-refractivity contribution in [3.8, 4) is 10.9 Å². The molecule has 2 aromatic carbocycles. The number of benzene rings is 2. The molecule has 0 aliphatic rings. The predicted octanol–water partition coefficient (Wildman–Crippen LogP) is 3.29. The quantitative estimate of drug-likeness (QED) is 0.355. The number of esters is 1. The van der Waals surface area contributed by atoms with Gasteiger partial charge in [0.15, 0.2) is 0 Å². The average Bonchev–Trinajstić information content (AvgIpc) is 3.30. The summed E-state index contributed by atoms with van der Waals surface area (Å²) >= 11 is 1.44. The van der Waals surface area contributed by atoms with Gasteiger partial charge in [-0.3, -0.25) is 14.3 Å². The van der Waals surface area contributed by atoms with Gasteiger partial charge in [0.25, 0.3) is 5.19 Å². The van der Waals surface area contributed by atoms with Gasteiger partial charge in [0.2, 0.25) is 5.62 Å². The highest BCUT2D eigenvalue weighted by Gasteiger charge is 2.18. The fourth-order valence-electron chi connectivity index (χ4n) is 3.56. The Kier molecular flexibility index (Phi) is 7.83. The summed E-state index contributed by atoms with van der Waals surface area (Å²) < 4.78 is 12.9. The molecule has 0 saturated carbocycles. The van der Waals surface area contributed by atoms with Crippen LogP contribution in [0.3, 0.4) is 0 Å². The first-order valence-corrected chi connectivity index (χ1v) is 12.4. The van der Waals surface area contributed by atoms with Gasteiger partial charge >= 0.3 is 17.3 Å². The third-order valence-electron chi connectivity index (χ3n) is 5.58. The molecule has 37 heavy (non-hydrogen) atoms. The van der Waals surface area contributed by atoms with Crippen LogP contribution in [0.25, 0.3) is 0 Å². The van der Waals surface area contributed by atoms with Gasteiger partial charge in [-0.1, -0.05) is 48.1 Å². The van der Waals surface area contributed by atoms with Crippen molar-refractivity contribution >= 4 is 23.0 Å². The maximum Gasteiger partial charge on any atom is 0.335 e. The minimum absolute atomic E-state index is 0.0850. The summed E-state index contributed by atoms with van der Waals surface area (Å²) in [5.74, 6) is -0.615. The van der Waals surface area contributed by atoms with Crippen molar-refractivity contribution in [2.45, 2.75) is 33.9 Å². The third-order valence-corrected chi connectivity index (χ3v) is 6.37. The van der Waals surface area contributed by atoms with Crippen molar-refractivity contribution in [3.05, 3.63) is 97.3 Å². The number of aryl methyl sites for hydroxylation is 2. The van der Waals surface area contributed by atoms with Crippen LogP contribution in [-0.4, -0.2) is 32.2 Å². The molecule has 0 spiro atoms. The lowest BCUT2D eigenvalue weighted by Gasteiger charge is -2.14. The van der Waals surface area contributed by atoms with Crippen molar-refractivity contribution in [1.29, 1.82) is 0 Å². The number of thiazole rings is 1. The summed E-state index contributed by atoms with van der Waals surface area (Å²) in [5, 5.41) is 0.534. The second-order valence-electron chi connectivity index (χ2n) is 8.59. The molecule has 0 amide bonds. The zero-order valence-corrected chi connectivity index (χ0v) is 21.7. The van der Waals surface area contributed by atoms with Crippen LogP contribution < -0.4 is 21.7 Å². The smallest absolute Gasteiger partial charge is 0.335 e. The lowest BCUT2D eigenvalue weighted by atomic mass is 10.1. The summed E-state index contributed by atoms with van der Waals surface area (Å²) in [5.41, 5.74) is 1.28. The van der Waals surface area contributed by atoms with Crippen molar-refractivity contribution in [1.82, 2.24) is 19.1 Å². The van der Waals surface area contributed by atoms with Gasteiger partial charge in [0, 0.05) is 17.6 Å². The first kappa shape index (κ1) is 25.8. The number of ether oxygens (including phenoxy) is 2. The number of carbonyl (C=O) groups is 1. The Morgan fingerprint density at radius 1 is 1.08 bits per heavy atom. The van der Waals surface area contributed by atoms with Gasteiger partial charge < -0.3 is 9.47 Å². The summed E-state index contributed by atoms with van der Waals surface area (Å²) in [7, 11) is 1.26. The van der Waals surface area contributed by atoms with Crippen LogP contribution in [0.2, 0.25) is 0 Å². The molecule has 4 rings (SSSR count). The van der Waals surface area contributed by atoms with Crippen LogP contribution in [-0.2, 0) is 22.6 Å². The molecule has 10 nitrogen and oxygen atoms in total. The number of carbonyl (C=O) groups excluding carboxylic acids is 1. The molecule has 4 aromatic rings. The number of aromatic amines is 1. The van der Waals surface area contributed by atoms with Crippen LogP contribution in [0.4, 0.5) is 5.69 Å². The lowest BCUT2D eigenvalue weighted by molar-refractivity contribution is -0.145. The van der Waals surface area contributed by atoms with E-state index in [1.807, 2.05) is 38.1 Å². The molecule has 192 valence electrons. The molecule has 0 unspecified atom stereocenters. The monoisotopic (exact) mass is 521 g/mol. The highest BCUT2D eigenvalue weighted by molar-refractivity contribution is 7.13. The van der Waals surface area contributed by atoms with E-state index in [1.165, 1.54) is 23.0 Å². The predicted molar refractivity (Wildman–Crippen MR) is 139 cm³/mol. The molecular weight excluding hydrogens is 494 g/mol. The maximum absolute atomic E-state index is 13.4. The van der Waals surface area contributed by atoms with E-state index in [1.54, 1.807) is 37.4 Å². The largest absolute Gasteiger partial charge is 0.469 e. The van der Waals surface area contributed by atoms with Crippen LogP contribution >= 0.6 is 11.3 Å². The molecule has 1 N–H and O–H groups in total. The molecule has 0 saturated heterocycles. The minimum atomic E-state index is -0.686. The van der Waals surface area contributed by atoms with E-state index < -0.39 is 23.3 Å². The highest BCUT2D eigenvalue weighted by Crippen LogP contribution is 2.27. The average molecular weight is 522 g/mol. The topological polar surface area (TPSA) is 121 Å². The van der Waals surface area contributed by atoms with E-state index in [0.717, 1.165) is 20.6 Å².